The molecule has 1 rings (SSSR count). The predicted octanol–water partition coefficient (Wildman–Crippen LogP) is 0.0377. The van der Waals surface area contributed by atoms with Gasteiger partial charge in [-0.05, 0) is 6.92 Å². The number of ether oxygens (including phenoxy) is 7. The van der Waals surface area contributed by atoms with Crippen LogP contribution in [0.1, 0.15) is 41.0 Å². The molecule has 0 spiro atoms. The van der Waals surface area contributed by atoms with E-state index in [2.05, 4.69) is 4.74 Å². The third-order valence-corrected chi connectivity index (χ3v) is 4.00. The number of carbonyl (C=O) groups excluding carboxylic acids is 5. The second-order valence-corrected chi connectivity index (χ2v) is 6.79. The van der Waals surface area contributed by atoms with Gasteiger partial charge in [-0.1, -0.05) is 0 Å². The van der Waals surface area contributed by atoms with Crippen molar-refractivity contribution in [2.75, 3.05) is 13.7 Å². The van der Waals surface area contributed by atoms with Gasteiger partial charge in [-0.3, -0.25) is 24.0 Å². The van der Waals surface area contributed by atoms with E-state index in [9.17, 15) is 24.0 Å². The van der Waals surface area contributed by atoms with Crippen molar-refractivity contribution in [3.63, 3.8) is 0 Å². The van der Waals surface area contributed by atoms with Crippen molar-refractivity contribution in [3.05, 3.63) is 0 Å². The molecule has 176 valence electrons. The van der Waals surface area contributed by atoms with E-state index in [1.807, 2.05) is 0 Å². The van der Waals surface area contributed by atoms with E-state index in [1.54, 1.807) is 6.92 Å². The molecule has 1 aliphatic rings. The van der Waals surface area contributed by atoms with Gasteiger partial charge in [-0.25, -0.2) is 0 Å². The molecular weight excluding hydrogens is 420 g/mol. The Balaban J connectivity index is 3.28. The van der Waals surface area contributed by atoms with Crippen LogP contribution in [0, 0.1) is 0 Å². The third-order valence-electron chi connectivity index (χ3n) is 4.00. The van der Waals surface area contributed by atoms with E-state index in [4.69, 9.17) is 28.4 Å². The number of carbonyl (C=O) groups is 5. The fourth-order valence-electron chi connectivity index (χ4n) is 2.89. The summed E-state index contributed by atoms with van der Waals surface area (Å²) in [6, 6.07) is 0. The highest BCUT2D eigenvalue weighted by Gasteiger charge is 2.53. The van der Waals surface area contributed by atoms with Crippen molar-refractivity contribution in [3.8, 4) is 0 Å². The molecule has 1 aliphatic heterocycles. The van der Waals surface area contributed by atoms with E-state index in [-0.39, 0.29) is 13.0 Å². The van der Waals surface area contributed by atoms with Gasteiger partial charge in [0.25, 0.3) is 0 Å². The average Bonchev–Trinajstić information content (AvgIpc) is 2.63. The topological polar surface area (TPSA) is 150 Å². The molecule has 1 fully saturated rings. The molecule has 0 aromatic rings. The summed E-state index contributed by atoms with van der Waals surface area (Å²) in [6.45, 7) is 5.69. The molecule has 31 heavy (non-hydrogen) atoms. The van der Waals surface area contributed by atoms with E-state index in [0.29, 0.717) is 0 Å². The van der Waals surface area contributed by atoms with Crippen molar-refractivity contribution in [1.29, 1.82) is 0 Å². The van der Waals surface area contributed by atoms with Crippen molar-refractivity contribution in [2.45, 2.75) is 77.8 Å². The first-order chi connectivity index (χ1) is 14.4. The van der Waals surface area contributed by atoms with Crippen molar-refractivity contribution in [2.24, 2.45) is 0 Å². The van der Waals surface area contributed by atoms with Gasteiger partial charge in [0.1, 0.15) is 12.7 Å². The quantitative estimate of drug-likeness (QED) is 0.346. The molecule has 0 aromatic carbocycles. The van der Waals surface area contributed by atoms with Gasteiger partial charge in [0.05, 0.1) is 19.6 Å². The predicted molar refractivity (Wildman–Crippen MR) is 99.1 cm³/mol. The first-order valence-corrected chi connectivity index (χ1v) is 9.47. The summed E-state index contributed by atoms with van der Waals surface area (Å²) in [5.74, 6) is -3.43. The van der Waals surface area contributed by atoms with Crippen molar-refractivity contribution < 1.29 is 57.1 Å². The van der Waals surface area contributed by atoms with E-state index in [1.165, 1.54) is 14.0 Å². The lowest BCUT2D eigenvalue weighted by molar-refractivity contribution is -0.315. The minimum absolute atomic E-state index is 0.149. The molecule has 1 heterocycles. The Morgan fingerprint density at radius 1 is 0.806 bits per heavy atom. The van der Waals surface area contributed by atoms with Gasteiger partial charge in [-0.2, -0.15) is 0 Å². The van der Waals surface area contributed by atoms with Crippen LogP contribution in [-0.4, -0.2) is 80.4 Å². The largest absolute Gasteiger partial charge is 0.469 e. The second kappa shape index (κ2) is 12.2. The number of esters is 5. The van der Waals surface area contributed by atoms with Crippen LogP contribution in [-0.2, 0) is 57.1 Å². The summed E-state index contributed by atoms with van der Waals surface area (Å²) in [5, 5.41) is 0. The molecule has 0 amide bonds. The molecule has 0 radical (unpaired) electrons. The minimum Gasteiger partial charge on any atom is -0.469 e. The summed E-state index contributed by atoms with van der Waals surface area (Å²) >= 11 is 0. The molecule has 1 saturated heterocycles. The van der Waals surface area contributed by atoms with Crippen LogP contribution in [0.5, 0.6) is 0 Å². The second-order valence-electron chi connectivity index (χ2n) is 6.79. The fraction of sp³-hybridized carbons (Fsp3) is 0.737. The molecule has 12 nitrogen and oxygen atoms in total. The van der Waals surface area contributed by atoms with Crippen molar-refractivity contribution >= 4 is 29.8 Å². The Bertz CT molecular complexity index is 675. The first kappa shape index (κ1) is 26.3. The van der Waals surface area contributed by atoms with Gasteiger partial charge in [-0.15, -0.1) is 0 Å². The summed E-state index contributed by atoms with van der Waals surface area (Å²) in [6.07, 6.45) is -7.34. The summed E-state index contributed by atoms with van der Waals surface area (Å²) < 4.78 is 36.8. The van der Waals surface area contributed by atoms with Crippen LogP contribution < -0.4 is 0 Å². The highest BCUT2D eigenvalue weighted by Crippen LogP contribution is 2.30. The molecule has 0 bridgehead atoms. The van der Waals surface area contributed by atoms with Gasteiger partial charge < -0.3 is 33.2 Å². The van der Waals surface area contributed by atoms with Crippen LogP contribution in [0.15, 0.2) is 0 Å². The zero-order valence-corrected chi connectivity index (χ0v) is 18.3. The standard InChI is InChI=1S/C19H28O12/c1-9(7-15(24)25-6)27-19-18(30-13(5)23)17(29-12(4)22)16(28-11(3)21)14(31-19)8-26-10(2)20/h9,14,16-19H,7-8H2,1-6H3/t9-,14?,16-,17+,18?,19+/m1/s1. The van der Waals surface area contributed by atoms with E-state index < -0.39 is 66.7 Å². The summed E-state index contributed by atoms with van der Waals surface area (Å²) in [4.78, 5) is 57.9. The van der Waals surface area contributed by atoms with Gasteiger partial charge in [0.15, 0.2) is 24.6 Å². The molecule has 6 atom stereocenters. The van der Waals surface area contributed by atoms with Crippen LogP contribution in [0.2, 0.25) is 0 Å². The Hall–Kier alpha value is -2.73. The van der Waals surface area contributed by atoms with E-state index >= 15 is 0 Å². The lowest BCUT2D eigenvalue weighted by atomic mass is 9.98. The molecule has 12 heteroatoms. The van der Waals surface area contributed by atoms with Crippen LogP contribution in [0.25, 0.3) is 0 Å². The summed E-state index contributed by atoms with van der Waals surface area (Å²) in [7, 11) is 1.21. The van der Waals surface area contributed by atoms with Gasteiger partial charge in [0, 0.05) is 27.7 Å². The Kier molecular flexibility index (Phi) is 10.4. The summed E-state index contributed by atoms with van der Waals surface area (Å²) in [5.41, 5.74) is 0. The fourth-order valence-corrected chi connectivity index (χ4v) is 2.89. The molecular formula is C19H28O12. The molecule has 0 saturated carbocycles. The highest BCUT2D eigenvalue weighted by molar-refractivity contribution is 5.70. The van der Waals surface area contributed by atoms with Crippen molar-refractivity contribution in [1.82, 2.24) is 0 Å². The highest BCUT2D eigenvalue weighted by atomic mass is 16.7. The molecule has 0 aromatic heterocycles. The molecule has 0 N–H and O–H groups in total. The van der Waals surface area contributed by atoms with Crippen LogP contribution in [0.3, 0.4) is 0 Å². The van der Waals surface area contributed by atoms with E-state index in [0.717, 1.165) is 20.8 Å². The maximum atomic E-state index is 11.7. The first-order valence-electron chi connectivity index (χ1n) is 9.47. The number of rotatable bonds is 9. The smallest absolute Gasteiger partial charge is 0.308 e. The maximum absolute atomic E-state index is 11.7. The Morgan fingerprint density at radius 2 is 1.32 bits per heavy atom. The lowest BCUT2D eigenvalue weighted by Gasteiger charge is -2.44. The number of hydrogen-bond acceptors (Lipinski definition) is 12. The van der Waals surface area contributed by atoms with Crippen LogP contribution >= 0.6 is 0 Å². The third kappa shape index (κ3) is 8.89. The normalized spacial score (nSPS) is 26.2. The zero-order chi connectivity index (χ0) is 23.7. The van der Waals surface area contributed by atoms with Gasteiger partial charge in [0.2, 0.25) is 0 Å². The number of hydrogen-bond donors (Lipinski definition) is 0. The Morgan fingerprint density at radius 3 is 1.81 bits per heavy atom. The monoisotopic (exact) mass is 448 g/mol. The minimum atomic E-state index is -1.35. The lowest BCUT2D eigenvalue weighted by Crippen LogP contribution is -2.63. The van der Waals surface area contributed by atoms with Crippen LogP contribution in [0.4, 0.5) is 0 Å². The molecule has 0 aliphatic carbocycles. The zero-order valence-electron chi connectivity index (χ0n) is 18.3. The van der Waals surface area contributed by atoms with Gasteiger partial charge >= 0.3 is 29.8 Å². The molecule has 2 unspecified atom stereocenters. The number of methoxy groups -OCH3 is 1. The maximum Gasteiger partial charge on any atom is 0.308 e. The average molecular weight is 448 g/mol. The Labute approximate surface area is 179 Å². The SMILES string of the molecule is COC(=O)C[C@@H](C)O[C@H]1OC(COC(C)=O)[C@@H](OC(C)=O)[C@H](OC(C)=O)C1OC(C)=O.